The molecular formula is C15H15ClN4OS. The van der Waals surface area contributed by atoms with Crippen LogP contribution in [-0.2, 0) is 4.79 Å². The molecule has 3 rings (SSSR count). The number of fused-ring (bicyclic) bond motifs is 1. The van der Waals surface area contributed by atoms with Gasteiger partial charge in [0.2, 0.25) is 5.91 Å². The zero-order valence-electron chi connectivity index (χ0n) is 11.9. The number of halogens is 1. The first-order valence-corrected chi connectivity index (χ1v) is 7.99. The summed E-state index contributed by atoms with van der Waals surface area (Å²) in [5.41, 5.74) is 8.32. The van der Waals surface area contributed by atoms with Crippen molar-refractivity contribution in [2.75, 3.05) is 11.9 Å². The van der Waals surface area contributed by atoms with Crippen molar-refractivity contribution in [2.45, 2.75) is 12.8 Å². The minimum Gasteiger partial charge on any atom is -0.329 e. The van der Waals surface area contributed by atoms with Gasteiger partial charge in [-0.2, -0.15) is 5.10 Å². The number of aryl methyl sites for hydroxylation is 1. The summed E-state index contributed by atoms with van der Waals surface area (Å²) in [6.07, 6.45) is 0. The highest BCUT2D eigenvalue weighted by Crippen LogP contribution is 2.29. The molecule has 22 heavy (non-hydrogen) atoms. The Labute approximate surface area is 136 Å². The van der Waals surface area contributed by atoms with E-state index in [1.807, 2.05) is 31.2 Å². The normalized spacial score (nSPS) is 12.5. The molecule has 0 saturated carbocycles. The average molecular weight is 335 g/mol. The predicted molar refractivity (Wildman–Crippen MR) is 90.6 cm³/mol. The zero-order valence-corrected chi connectivity index (χ0v) is 13.5. The molecule has 3 aromatic rings. The van der Waals surface area contributed by atoms with Gasteiger partial charge in [-0.1, -0.05) is 11.6 Å². The van der Waals surface area contributed by atoms with Crippen molar-refractivity contribution in [1.29, 1.82) is 0 Å². The first-order chi connectivity index (χ1) is 10.6. The highest BCUT2D eigenvalue weighted by Gasteiger charge is 2.21. The summed E-state index contributed by atoms with van der Waals surface area (Å²) in [4.78, 5) is 13.3. The van der Waals surface area contributed by atoms with Gasteiger partial charge in [-0.3, -0.25) is 9.89 Å². The third-order valence-corrected chi connectivity index (χ3v) is 4.85. The maximum absolute atomic E-state index is 12.5. The van der Waals surface area contributed by atoms with E-state index in [9.17, 15) is 4.79 Å². The number of nitrogens with one attached hydrogen (secondary N) is 2. The summed E-state index contributed by atoms with van der Waals surface area (Å²) in [5, 5.41) is 11.0. The largest absolute Gasteiger partial charge is 0.329 e. The first kappa shape index (κ1) is 15.0. The SMILES string of the molecule is Cc1[nH]nc2ccc(NC(=O)C(CN)c3ccc(Cl)s3)cc12. The lowest BCUT2D eigenvalue weighted by molar-refractivity contribution is -0.117. The van der Waals surface area contributed by atoms with Gasteiger partial charge in [0.1, 0.15) is 0 Å². The number of carbonyl (C=O) groups is 1. The summed E-state index contributed by atoms with van der Waals surface area (Å²) in [7, 11) is 0. The fourth-order valence-electron chi connectivity index (χ4n) is 2.31. The Morgan fingerprint density at radius 3 is 2.95 bits per heavy atom. The van der Waals surface area contributed by atoms with E-state index >= 15 is 0 Å². The molecule has 7 heteroatoms. The Bertz CT molecular complexity index is 826. The smallest absolute Gasteiger partial charge is 0.234 e. The Balaban J connectivity index is 1.83. The molecule has 1 aromatic carbocycles. The number of nitrogens with two attached hydrogens (primary N) is 1. The van der Waals surface area contributed by atoms with Crippen LogP contribution in [0.4, 0.5) is 5.69 Å². The van der Waals surface area contributed by atoms with Gasteiger partial charge in [-0.15, -0.1) is 11.3 Å². The number of nitrogens with zero attached hydrogens (tertiary/aromatic N) is 1. The second-order valence-electron chi connectivity index (χ2n) is 5.00. The molecule has 5 nitrogen and oxygen atoms in total. The molecule has 0 radical (unpaired) electrons. The average Bonchev–Trinajstić information content (AvgIpc) is 3.07. The van der Waals surface area contributed by atoms with Crippen LogP contribution in [0.1, 0.15) is 16.5 Å². The molecule has 0 bridgehead atoms. The second kappa shape index (κ2) is 6.08. The standard InChI is InChI=1S/C15H15ClN4OS/c1-8-10-6-9(2-3-12(10)20-19-8)18-15(21)11(7-17)13-4-5-14(16)22-13/h2-6,11H,7,17H2,1H3,(H,18,21)(H,19,20). The number of hydrogen-bond donors (Lipinski definition) is 3. The van der Waals surface area contributed by atoms with E-state index in [0.29, 0.717) is 4.34 Å². The monoisotopic (exact) mass is 334 g/mol. The van der Waals surface area contributed by atoms with Crippen molar-refractivity contribution < 1.29 is 4.79 Å². The minimum atomic E-state index is -0.404. The number of aromatic nitrogens is 2. The summed E-state index contributed by atoms with van der Waals surface area (Å²) >= 11 is 7.31. The van der Waals surface area contributed by atoms with E-state index in [1.54, 1.807) is 6.07 Å². The molecule has 2 aromatic heterocycles. The van der Waals surface area contributed by atoms with Crippen molar-refractivity contribution in [3.63, 3.8) is 0 Å². The number of aromatic amines is 1. The van der Waals surface area contributed by atoms with Gasteiger partial charge in [0.15, 0.2) is 0 Å². The van der Waals surface area contributed by atoms with Gasteiger partial charge < -0.3 is 11.1 Å². The number of H-pyrrole nitrogens is 1. The summed E-state index contributed by atoms with van der Waals surface area (Å²) in [6.45, 7) is 2.17. The fraction of sp³-hybridized carbons (Fsp3) is 0.200. The number of anilines is 1. The second-order valence-corrected chi connectivity index (χ2v) is 6.75. The zero-order chi connectivity index (χ0) is 15.7. The van der Waals surface area contributed by atoms with Crippen LogP contribution >= 0.6 is 22.9 Å². The van der Waals surface area contributed by atoms with Crippen molar-refractivity contribution in [2.24, 2.45) is 5.73 Å². The van der Waals surface area contributed by atoms with Gasteiger partial charge in [0, 0.05) is 28.2 Å². The maximum atomic E-state index is 12.5. The van der Waals surface area contributed by atoms with Crippen LogP contribution in [0.2, 0.25) is 4.34 Å². The van der Waals surface area contributed by atoms with Crippen molar-refractivity contribution in [1.82, 2.24) is 10.2 Å². The highest BCUT2D eigenvalue weighted by atomic mass is 35.5. The Morgan fingerprint density at radius 2 is 2.27 bits per heavy atom. The van der Waals surface area contributed by atoms with Crippen molar-refractivity contribution in [3.8, 4) is 0 Å². The molecule has 0 spiro atoms. The highest BCUT2D eigenvalue weighted by molar-refractivity contribution is 7.16. The maximum Gasteiger partial charge on any atom is 0.234 e. The molecule has 0 fully saturated rings. The van der Waals surface area contributed by atoms with E-state index in [2.05, 4.69) is 15.5 Å². The van der Waals surface area contributed by atoms with Crippen LogP contribution in [0.25, 0.3) is 10.9 Å². The third kappa shape index (κ3) is 2.85. The van der Waals surface area contributed by atoms with E-state index < -0.39 is 5.92 Å². The lowest BCUT2D eigenvalue weighted by atomic mass is 10.1. The van der Waals surface area contributed by atoms with Crippen LogP contribution in [0, 0.1) is 6.92 Å². The first-order valence-electron chi connectivity index (χ1n) is 6.79. The molecule has 0 aliphatic carbocycles. The fourth-order valence-corrected chi connectivity index (χ4v) is 3.49. The lowest BCUT2D eigenvalue weighted by Crippen LogP contribution is -2.26. The molecule has 0 aliphatic rings. The molecule has 114 valence electrons. The van der Waals surface area contributed by atoms with E-state index in [1.165, 1.54) is 11.3 Å². The van der Waals surface area contributed by atoms with E-state index in [4.69, 9.17) is 17.3 Å². The number of rotatable bonds is 4. The van der Waals surface area contributed by atoms with Gasteiger partial charge in [0.25, 0.3) is 0 Å². The molecule has 0 aliphatic heterocycles. The van der Waals surface area contributed by atoms with Crippen LogP contribution in [0.3, 0.4) is 0 Å². The Morgan fingerprint density at radius 1 is 1.45 bits per heavy atom. The minimum absolute atomic E-state index is 0.137. The van der Waals surface area contributed by atoms with Crippen LogP contribution in [0.5, 0.6) is 0 Å². The predicted octanol–water partition coefficient (Wildman–Crippen LogP) is 3.27. The van der Waals surface area contributed by atoms with Gasteiger partial charge in [0.05, 0.1) is 15.8 Å². The molecular weight excluding hydrogens is 320 g/mol. The number of thiophene rings is 1. The molecule has 4 N–H and O–H groups in total. The summed E-state index contributed by atoms with van der Waals surface area (Å²) < 4.78 is 0.650. The summed E-state index contributed by atoms with van der Waals surface area (Å²) in [5.74, 6) is -0.542. The van der Waals surface area contributed by atoms with Gasteiger partial charge in [-0.25, -0.2) is 0 Å². The van der Waals surface area contributed by atoms with Gasteiger partial charge >= 0.3 is 0 Å². The van der Waals surface area contributed by atoms with Crippen LogP contribution < -0.4 is 11.1 Å². The molecule has 2 heterocycles. The molecule has 0 saturated heterocycles. The third-order valence-electron chi connectivity index (χ3n) is 3.50. The Kier molecular flexibility index (Phi) is 4.15. The van der Waals surface area contributed by atoms with Crippen LogP contribution in [0.15, 0.2) is 30.3 Å². The van der Waals surface area contributed by atoms with E-state index in [0.717, 1.165) is 27.2 Å². The number of amides is 1. The van der Waals surface area contributed by atoms with Crippen LogP contribution in [-0.4, -0.2) is 22.6 Å². The Hall–Kier alpha value is -1.89. The van der Waals surface area contributed by atoms with Gasteiger partial charge in [-0.05, 0) is 37.3 Å². The molecule has 1 amide bonds. The quantitative estimate of drug-likeness (QED) is 0.684. The molecule has 1 atom stereocenters. The van der Waals surface area contributed by atoms with E-state index in [-0.39, 0.29) is 12.5 Å². The number of benzene rings is 1. The van der Waals surface area contributed by atoms with Crippen molar-refractivity contribution >= 4 is 45.4 Å². The van der Waals surface area contributed by atoms with Crippen molar-refractivity contribution in [3.05, 3.63) is 45.2 Å². The summed E-state index contributed by atoms with van der Waals surface area (Å²) in [6, 6.07) is 9.22. The molecule has 1 unspecified atom stereocenters. The lowest BCUT2D eigenvalue weighted by Gasteiger charge is -2.13. The number of hydrogen-bond acceptors (Lipinski definition) is 4. The topological polar surface area (TPSA) is 83.8 Å². The number of carbonyl (C=O) groups excluding carboxylic acids is 1.